The molecule has 0 fully saturated rings. The predicted molar refractivity (Wildman–Crippen MR) is 198 cm³/mol. The van der Waals surface area contributed by atoms with E-state index >= 15 is 0 Å². The van der Waals surface area contributed by atoms with Gasteiger partial charge in [0.2, 0.25) is 0 Å². The van der Waals surface area contributed by atoms with E-state index in [9.17, 15) is 9.59 Å². The van der Waals surface area contributed by atoms with Crippen molar-refractivity contribution >= 4 is 11.9 Å². The number of hydrogen-bond acceptors (Lipinski definition) is 5. The smallest absolute Gasteiger partial charge is 0.330 e. The molecular weight excluding hydrogens is 570 g/mol. The van der Waals surface area contributed by atoms with Crippen molar-refractivity contribution in [1.29, 1.82) is 0 Å². The third-order valence-electron chi connectivity index (χ3n) is 8.45. The zero-order valence-corrected chi connectivity index (χ0v) is 31.1. The van der Waals surface area contributed by atoms with Gasteiger partial charge in [-0.05, 0) is 117 Å². The summed E-state index contributed by atoms with van der Waals surface area (Å²) in [6.07, 6.45) is 38.3. The number of hydrogen-bond donors (Lipinski definition) is 0. The molecule has 5 heteroatoms. The maximum Gasteiger partial charge on any atom is 0.330 e. The second-order valence-corrected chi connectivity index (χ2v) is 13.4. The molecule has 0 aliphatic carbocycles. The molecule has 0 spiro atoms. The molecule has 46 heavy (non-hydrogen) atoms. The van der Waals surface area contributed by atoms with Gasteiger partial charge in [-0.2, -0.15) is 0 Å². The van der Waals surface area contributed by atoms with Gasteiger partial charge in [0, 0.05) is 12.5 Å². The Morgan fingerprint density at radius 1 is 0.609 bits per heavy atom. The summed E-state index contributed by atoms with van der Waals surface area (Å²) >= 11 is 0. The van der Waals surface area contributed by atoms with Gasteiger partial charge in [0.25, 0.3) is 0 Å². The van der Waals surface area contributed by atoms with Crippen molar-refractivity contribution in [3.8, 4) is 0 Å². The average molecular weight is 646 g/mol. The molecule has 0 bridgehead atoms. The monoisotopic (exact) mass is 646 g/mol. The Labute approximate surface area is 286 Å². The SMILES string of the molecule is CCCCC/C=C\C/C=C\CCCCCCCCC(CCCCOC(=O)/C=C(\CCCC)CCCCC)OC(=O)CCCN(C)C. The quantitative estimate of drug-likeness (QED) is 0.0308. The summed E-state index contributed by atoms with van der Waals surface area (Å²) < 4.78 is 11.5. The van der Waals surface area contributed by atoms with Gasteiger partial charge in [0.05, 0.1) is 6.61 Å². The predicted octanol–water partition coefficient (Wildman–Crippen LogP) is 11.9. The number of esters is 2. The van der Waals surface area contributed by atoms with Crippen LogP contribution in [0.5, 0.6) is 0 Å². The number of unbranched alkanes of at least 4 members (excludes halogenated alkanes) is 13. The van der Waals surface area contributed by atoms with Gasteiger partial charge in [-0.1, -0.05) is 108 Å². The van der Waals surface area contributed by atoms with Gasteiger partial charge in [-0.25, -0.2) is 4.79 Å². The topological polar surface area (TPSA) is 55.8 Å². The molecule has 0 saturated heterocycles. The molecule has 0 radical (unpaired) electrons. The van der Waals surface area contributed by atoms with Crippen LogP contribution in [0.1, 0.15) is 181 Å². The van der Waals surface area contributed by atoms with Crippen LogP contribution in [0.25, 0.3) is 0 Å². The van der Waals surface area contributed by atoms with Crippen LogP contribution in [0, 0.1) is 0 Å². The third-order valence-corrected chi connectivity index (χ3v) is 8.45. The molecule has 1 unspecified atom stereocenters. The second-order valence-electron chi connectivity index (χ2n) is 13.4. The number of carbonyl (C=O) groups is 2. The maximum absolute atomic E-state index is 12.5. The lowest BCUT2D eigenvalue weighted by molar-refractivity contribution is -0.150. The molecule has 1 atom stereocenters. The van der Waals surface area contributed by atoms with Crippen LogP contribution in [-0.4, -0.2) is 50.2 Å². The Kier molecular flexibility index (Phi) is 33.0. The van der Waals surface area contributed by atoms with Crippen LogP contribution >= 0.6 is 0 Å². The molecule has 5 nitrogen and oxygen atoms in total. The van der Waals surface area contributed by atoms with Crippen molar-refractivity contribution in [1.82, 2.24) is 4.90 Å². The Morgan fingerprint density at radius 3 is 1.83 bits per heavy atom. The van der Waals surface area contributed by atoms with Crippen molar-refractivity contribution in [2.75, 3.05) is 27.2 Å². The molecule has 0 N–H and O–H groups in total. The second kappa shape index (κ2) is 34.5. The van der Waals surface area contributed by atoms with Crippen molar-refractivity contribution in [3.63, 3.8) is 0 Å². The lowest BCUT2D eigenvalue weighted by atomic mass is 10.0. The summed E-state index contributed by atoms with van der Waals surface area (Å²) in [5, 5.41) is 0. The lowest BCUT2D eigenvalue weighted by Crippen LogP contribution is -2.20. The number of nitrogens with zero attached hydrogens (tertiary/aromatic N) is 1. The third kappa shape index (κ3) is 32.1. The van der Waals surface area contributed by atoms with Gasteiger partial charge in [-0.15, -0.1) is 0 Å². The highest BCUT2D eigenvalue weighted by molar-refractivity contribution is 5.82. The first-order valence-corrected chi connectivity index (χ1v) is 19.4. The van der Waals surface area contributed by atoms with E-state index < -0.39 is 0 Å². The minimum atomic E-state index is -0.201. The number of ether oxygens (including phenoxy) is 2. The standard InChI is InChI=1S/C41H75NO4/c1-6-9-12-13-14-15-16-17-18-19-20-21-22-23-24-26-32-39(46-40(43)34-29-35-42(4)5)33-27-28-36-45-41(44)37-38(30-11-8-3)31-25-10-7-2/h14-15,17-18,37,39H,6-13,16,19-36H2,1-5H3/b15-14-,18-17-,38-37+. The van der Waals surface area contributed by atoms with Crippen LogP contribution in [0.15, 0.2) is 36.0 Å². The highest BCUT2D eigenvalue weighted by atomic mass is 16.5. The minimum Gasteiger partial charge on any atom is -0.463 e. The summed E-state index contributed by atoms with van der Waals surface area (Å²) in [5.41, 5.74) is 1.23. The van der Waals surface area contributed by atoms with Crippen LogP contribution in [-0.2, 0) is 19.1 Å². The van der Waals surface area contributed by atoms with Crippen LogP contribution < -0.4 is 0 Å². The normalized spacial score (nSPS) is 12.9. The fourth-order valence-corrected chi connectivity index (χ4v) is 5.54. The summed E-state index contributed by atoms with van der Waals surface area (Å²) in [6, 6.07) is 0. The molecule has 0 aromatic carbocycles. The maximum atomic E-state index is 12.5. The van der Waals surface area contributed by atoms with Crippen LogP contribution in [0.2, 0.25) is 0 Å². The van der Waals surface area contributed by atoms with E-state index in [1.807, 2.05) is 14.1 Å². The highest BCUT2D eigenvalue weighted by Crippen LogP contribution is 2.18. The Hall–Kier alpha value is -1.88. The first-order valence-electron chi connectivity index (χ1n) is 19.4. The summed E-state index contributed by atoms with van der Waals surface area (Å²) in [7, 11) is 4.06. The Balaban J connectivity index is 4.36. The zero-order valence-electron chi connectivity index (χ0n) is 31.1. The van der Waals surface area contributed by atoms with E-state index in [1.165, 1.54) is 82.6 Å². The molecule has 0 saturated carbocycles. The van der Waals surface area contributed by atoms with E-state index in [4.69, 9.17) is 9.47 Å². The van der Waals surface area contributed by atoms with Crippen molar-refractivity contribution < 1.29 is 19.1 Å². The average Bonchev–Trinajstić information content (AvgIpc) is 3.02. The van der Waals surface area contributed by atoms with Crippen LogP contribution in [0.3, 0.4) is 0 Å². The molecule has 0 aliphatic rings. The lowest BCUT2D eigenvalue weighted by Gasteiger charge is -2.18. The summed E-state index contributed by atoms with van der Waals surface area (Å²) in [5.74, 6) is -0.279. The number of allylic oxidation sites excluding steroid dienone is 5. The molecule has 0 heterocycles. The van der Waals surface area contributed by atoms with Crippen molar-refractivity contribution in [2.45, 2.75) is 187 Å². The summed E-state index contributed by atoms with van der Waals surface area (Å²) in [6.45, 7) is 7.97. The largest absolute Gasteiger partial charge is 0.463 e. The fourth-order valence-electron chi connectivity index (χ4n) is 5.54. The first-order chi connectivity index (χ1) is 22.4. The molecular formula is C41H75NO4. The molecule has 0 amide bonds. The molecule has 0 aromatic rings. The van der Waals surface area contributed by atoms with E-state index in [1.54, 1.807) is 6.08 Å². The molecule has 0 aliphatic heterocycles. The van der Waals surface area contributed by atoms with E-state index in [0.717, 1.165) is 83.6 Å². The van der Waals surface area contributed by atoms with Gasteiger partial charge < -0.3 is 14.4 Å². The minimum absolute atomic E-state index is 0.0347. The van der Waals surface area contributed by atoms with Gasteiger partial charge in [0.1, 0.15) is 6.10 Å². The van der Waals surface area contributed by atoms with Gasteiger partial charge in [0.15, 0.2) is 0 Å². The Morgan fingerprint density at radius 2 is 1.17 bits per heavy atom. The Bertz CT molecular complexity index is 785. The first kappa shape index (κ1) is 44.1. The van der Waals surface area contributed by atoms with Gasteiger partial charge in [-0.3, -0.25) is 4.79 Å². The highest BCUT2D eigenvalue weighted by Gasteiger charge is 2.15. The number of carbonyl (C=O) groups excluding carboxylic acids is 2. The van der Waals surface area contributed by atoms with Gasteiger partial charge >= 0.3 is 11.9 Å². The molecule has 268 valence electrons. The van der Waals surface area contributed by atoms with E-state index in [-0.39, 0.29) is 18.0 Å². The van der Waals surface area contributed by atoms with E-state index in [2.05, 4.69) is 50.0 Å². The van der Waals surface area contributed by atoms with Crippen molar-refractivity contribution in [3.05, 3.63) is 36.0 Å². The van der Waals surface area contributed by atoms with E-state index in [0.29, 0.717) is 13.0 Å². The number of rotatable bonds is 33. The van der Waals surface area contributed by atoms with Crippen LogP contribution in [0.4, 0.5) is 0 Å². The zero-order chi connectivity index (χ0) is 33.9. The molecule has 0 rings (SSSR count). The molecule has 0 aromatic heterocycles. The fraction of sp³-hybridized carbons (Fsp3) is 0.805. The van der Waals surface area contributed by atoms with Crippen molar-refractivity contribution in [2.24, 2.45) is 0 Å². The summed E-state index contributed by atoms with van der Waals surface area (Å²) in [4.78, 5) is 27.1.